The van der Waals surface area contributed by atoms with Crippen LogP contribution >= 0.6 is 0 Å². The molecule has 2 aliphatic rings. The SMILES string of the molecule is O=C(N[C@H]1[C@H]2CC[C@H](C2)[C@@H]1CC=CCCCc1nnn[nH]1)OCc1ccccc1. The molecule has 4 atom stereocenters. The molecular formula is C22H29N5O2. The molecule has 2 bridgehead atoms. The van der Waals surface area contributed by atoms with E-state index < -0.39 is 0 Å². The normalized spacial score (nSPS) is 25.5. The number of benzene rings is 1. The summed E-state index contributed by atoms with van der Waals surface area (Å²) in [7, 11) is 0. The molecule has 154 valence electrons. The van der Waals surface area contributed by atoms with Crippen molar-refractivity contribution in [3.63, 3.8) is 0 Å². The molecule has 4 rings (SSSR count). The summed E-state index contributed by atoms with van der Waals surface area (Å²) in [5, 5.41) is 17.0. The van der Waals surface area contributed by atoms with Crippen molar-refractivity contribution in [3.05, 3.63) is 53.9 Å². The van der Waals surface area contributed by atoms with Crippen LogP contribution in [0, 0.1) is 17.8 Å². The van der Waals surface area contributed by atoms with E-state index in [-0.39, 0.29) is 12.1 Å². The predicted octanol–water partition coefficient (Wildman–Crippen LogP) is 3.81. The second kappa shape index (κ2) is 9.67. The van der Waals surface area contributed by atoms with Gasteiger partial charge in [-0.05, 0) is 72.3 Å². The number of nitrogens with one attached hydrogen (secondary N) is 2. The Balaban J connectivity index is 1.22. The highest BCUT2D eigenvalue weighted by Gasteiger charge is 2.47. The first-order chi connectivity index (χ1) is 14.3. The molecule has 29 heavy (non-hydrogen) atoms. The highest BCUT2D eigenvalue weighted by molar-refractivity contribution is 5.67. The van der Waals surface area contributed by atoms with Crippen molar-refractivity contribution < 1.29 is 9.53 Å². The largest absolute Gasteiger partial charge is 0.445 e. The number of unbranched alkanes of at least 4 members (excludes halogenated alkanes) is 1. The smallest absolute Gasteiger partial charge is 0.407 e. The molecule has 2 fully saturated rings. The van der Waals surface area contributed by atoms with Gasteiger partial charge < -0.3 is 10.1 Å². The molecule has 0 radical (unpaired) electrons. The summed E-state index contributed by atoms with van der Waals surface area (Å²) in [5.41, 5.74) is 1.01. The average Bonchev–Trinajstić information content (AvgIpc) is 3.49. The highest BCUT2D eigenvalue weighted by atomic mass is 16.5. The van der Waals surface area contributed by atoms with Crippen LogP contribution in [-0.4, -0.2) is 32.8 Å². The van der Waals surface area contributed by atoms with Crippen LogP contribution in [0.3, 0.4) is 0 Å². The fourth-order valence-corrected chi connectivity index (χ4v) is 4.92. The van der Waals surface area contributed by atoms with Crippen molar-refractivity contribution in [2.45, 2.75) is 57.6 Å². The van der Waals surface area contributed by atoms with Crippen molar-refractivity contribution in [1.29, 1.82) is 0 Å². The second-order valence-corrected chi connectivity index (χ2v) is 8.18. The van der Waals surface area contributed by atoms with Gasteiger partial charge in [0, 0.05) is 12.5 Å². The first kappa shape index (κ1) is 19.6. The van der Waals surface area contributed by atoms with Crippen molar-refractivity contribution >= 4 is 6.09 Å². The number of H-pyrrole nitrogens is 1. The molecule has 7 nitrogen and oxygen atoms in total. The van der Waals surface area contributed by atoms with Gasteiger partial charge in [-0.3, -0.25) is 0 Å². The van der Waals surface area contributed by atoms with E-state index in [0.717, 1.165) is 43.0 Å². The number of aryl methyl sites for hydroxylation is 1. The zero-order valence-corrected chi connectivity index (χ0v) is 16.7. The molecule has 0 unspecified atom stereocenters. The van der Waals surface area contributed by atoms with Gasteiger partial charge in [0.1, 0.15) is 12.4 Å². The number of tetrazole rings is 1. The summed E-state index contributed by atoms with van der Waals surface area (Å²) in [5.74, 6) is 2.68. The van der Waals surface area contributed by atoms with Crippen LogP contribution < -0.4 is 5.32 Å². The van der Waals surface area contributed by atoms with E-state index in [1.54, 1.807) is 0 Å². The third kappa shape index (κ3) is 5.22. The minimum Gasteiger partial charge on any atom is -0.445 e. The number of aromatic nitrogens is 4. The molecule has 2 N–H and O–H groups in total. The van der Waals surface area contributed by atoms with Crippen molar-refractivity contribution in [1.82, 2.24) is 25.9 Å². The standard InChI is InChI=1S/C22H29N5O2/c28-22(29-15-16-8-4-3-5-9-16)23-21-18-13-12-17(14-18)19(21)10-6-1-2-7-11-20-24-26-27-25-20/h1,3-6,8-9,17-19,21H,2,7,10-15H2,(H,23,28)(H,24,25,26,27)/t17-,18+,19+,21+/m1/s1. The van der Waals surface area contributed by atoms with E-state index in [9.17, 15) is 4.79 Å². The number of carbonyl (C=O) groups excluding carboxylic acids is 1. The number of amides is 1. The quantitative estimate of drug-likeness (QED) is 0.497. The number of ether oxygens (including phenoxy) is 1. The summed E-state index contributed by atoms with van der Waals surface area (Å²) < 4.78 is 5.45. The number of aromatic amines is 1. The fraction of sp³-hybridized carbons (Fsp3) is 0.545. The van der Waals surface area contributed by atoms with Gasteiger partial charge in [-0.1, -0.05) is 42.5 Å². The molecule has 1 aromatic heterocycles. The Kier molecular flexibility index (Phi) is 6.54. The van der Waals surface area contributed by atoms with Gasteiger partial charge in [-0.25, -0.2) is 9.89 Å². The number of fused-ring (bicyclic) bond motifs is 2. The van der Waals surface area contributed by atoms with Gasteiger partial charge in [0.15, 0.2) is 0 Å². The zero-order valence-electron chi connectivity index (χ0n) is 16.7. The van der Waals surface area contributed by atoms with E-state index in [1.165, 1.54) is 19.3 Å². The van der Waals surface area contributed by atoms with E-state index in [2.05, 4.69) is 38.1 Å². The summed E-state index contributed by atoms with van der Waals surface area (Å²) in [6.07, 6.45) is 11.9. The number of hydrogen-bond donors (Lipinski definition) is 2. The van der Waals surface area contributed by atoms with E-state index >= 15 is 0 Å². The number of allylic oxidation sites excluding steroid dienone is 2. The molecule has 0 saturated heterocycles. The van der Waals surface area contributed by atoms with E-state index in [4.69, 9.17) is 4.74 Å². The van der Waals surface area contributed by atoms with Crippen LogP contribution in [0.25, 0.3) is 0 Å². The lowest BCUT2D eigenvalue weighted by Crippen LogP contribution is -2.44. The first-order valence-electron chi connectivity index (χ1n) is 10.6. The van der Waals surface area contributed by atoms with Gasteiger partial charge >= 0.3 is 6.09 Å². The molecule has 1 amide bonds. The van der Waals surface area contributed by atoms with Gasteiger partial charge in [-0.2, -0.15) is 0 Å². The molecule has 0 spiro atoms. The van der Waals surface area contributed by atoms with Crippen molar-refractivity contribution in [2.75, 3.05) is 0 Å². The van der Waals surface area contributed by atoms with Crippen LogP contribution in [-0.2, 0) is 17.8 Å². The monoisotopic (exact) mass is 395 g/mol. The third-order valence-corrected chi connectivity index (χ3v) is 6.33. The van der Waals surface area contributed by atoms with E-state index in [1.807, 2.05) is 30.3 Å². The van der Waals surface area contributed by atoms with Gasteiger partial charge in [-0.15, -0.1) is 5.10 Å². The van der Waals surface area contributed by atoms with Crippen LogP contribution in [0.1, 0.15) is 49.9 Å². The summed E-state index contributed by atoms with van der Waals surface area (Å²) in [4.78, 5) is 12.4. The maximum Gasteiger partial charge on any atom is 0.407 e. The molecule has 1 heterocycles. The molecule has 1 aromatic carbocycles. The Morgan fingerprint density at radius 3 is 2.90 bits per heavy atom. The summed E-state index contributed by atoms with van der Waals surface area (Å²) in [6, 6.07) is 10.0. The van der Waals surface area contributed by atoms with Crippen molar-refractivity contribution in [2.24, 2.45) is 17.8 Å². The molecular weight excluding hydrogens is 366 g/mol. The topological polar surface area (TPSA) is 92.8 Å². The predicted molar refractivity (Wildman–Crippen MR) is 109 cm³/mol. The van der Waals surface area contributed by atoms with Crippen LogP contribution in [0.2, 0.25) is 0 Å². The average molecular weight is 396 g/mol. The highest BCUT2D eigenvalue weighted by Crippen LogP contribution is 2.49. The lowest BCUT2D eigenvalue weighted by atomic mass is 9.82. The maximum atomic E-state index is 12.4. The first-order valence-corrected chi connectivity index (χ1v) is 10.6. The lowest BCUT2D eigenvalue weighted by Gasteiger charge is -2.30. The third-order valence-electron chi connectivity index (χ3n) is 6.33. The van der Waals surface area contributed by atoms with E-state index in [0.29, 0.717) is 18.4 Å². The number of rotatable bonds is 9. The summed E-state index contributed by atoms with van der Waals surface area (Å²) >= 11 is 0. The van der Waals surface area contributed by atoms with Gasteiger partial charge in [0.25, 0.3) is 0 Å². The number of alkyl carbamates (subject to hydrolysis) is 1. The number of hydrogen-bond acceptors (Lipinski definition) is 5. The van der Waals surface area contributed by atoms with Gasteiger partial charge in [0.2, 0.25) is 0 Å². The minimum atomic E-state index is -0.291. The Hall–Kier alpha value is -2.70. The maximum absolute atomic E-state index is 12.4. The molecule has 2 aromatic rings. The second-order valence-electron chi connectivity index (χ2n) is 8.18. The molecule has 2 saturated carbocycles. The molecule has 2 aliphatic carbocycles. The zero-order chi connectivity index (χ0) is 19.9. The number of carbonyl (C=O) groups is 1. The summed E-state index contributed by atoms with van der Waals surface area (Å²) in [6.45, 7) is 0.318. The molecule has 7 heteroatoms. The number of nitrogens with zero attached hydrogens (tertiary/aromatic N) is 3. The van der Waals surface area contributed by atoms with Gasteiger partial charge in [0.05, 0.1) is 0 Å². The van der Waals surface area contributed by atoms with Crippen LogP contribution in [0.5, 0.6) is 0 Å². The molecule has 0 aliphatic heterocycles. The van der Waals surface area contributed by atoms with Crippen molar-refractivity contribution in [3.8, 4) is 0 Å². The Bertz CT molecular complexity index is 793. The Morgan fingerprint density at radius 1 is 1.21 bits per heavy atom. The minimum absolute atomic E-state index is 0.238. The van der Waals surface area contributed by atoms with Crippen LogP contribution in [0.4, 0.5) is 4.79 Å². The lowest BCUT2D eigenvalue weighted by molar-refractivity contribution is 0.125. The Labute approximate surface area is 171 Å². The Morgan fingerprint density at radius 2 is 2.07 bits per heavy atom. The fourth-order valence-electron chi connectivity index (χ4n) is 4.92. The van der Waals surface area contributed by atoms with Crippen LogP contribution in [0.15, 0.2) is 42.5 Å².